The van der Waals surface area contributed by atoms with Crippen LogP contribution in [0.25, 0.3) is 0 Å². The molecule has 0 spiro atoms. The van der Waals surface area contributed by atoms with Gasteiger partial charge in [0.05, 0.1) is 0 Å². The predicted molar refractivity (Wildman–Crippen MR) is 83.1 cm³/mol. The van der Waals surface area contributed by atoms with Crippen molar-refractivity contribution in [3.05, 3.63) is 58.1 Å². The average Bonchev–Trinajstić information content (AvgIpc) is 2.37. The van der Waals surface area contributed by atoms with Crippen molar-refractivity contribution in [1.82, 2.24) is 0 Å². The highest BCUT2D eigenvalue weighted by Crippen LogP contribution is 2.30. The molecule has 2 rings (SSSR count). The lowest BCUT2D eigenvalue weighted by Gasteiger charge is -2.14. The second kappa shape index (κ2) is 6.05. The molecule has 112 valence electrons. The number of hydrogen-bond donors (Lipinski definition) is 1. The van der Waals surface area contributed by atoms with Gasteiger partial charge < -0.3 is 4.74 Å². The zero-order chi connectivity index (χ0) is 15.6. The molecule has 0 heterocycles. The Morgan fingerprint density at radius 1 is 1.19 bits per heavy atom. The first kappa shape index (κ1) is 15.8. The molecule has 21 heavy (non-hydrogen) atoms. The molecule has 0 fully saturated rings. The molecule has 0 aliphatic rings. The van der Waals surface area contributed by atoms with Crippen molar-refractivity contribution in [2.24, 2.45) is 5.14 Å². The first-order chi connectivity index (χ1) is 9.79. The summed E-state index contributed by atoms with van der Waals surface area (Å²) in [5.74, 6) is 0.267. The molecule has 2 aromatic rings. The smallest absolute Gasteiger partial charge is 0.241 e. The second-order valence-corrected chi connectivity index (χ2v) is 6.77. The quantitative estimate of drug-likeness (QED) is 0.938. The molecule has 0 bridgehead atoms. The van der Waals surface area contributed by atoms with Crippen LogP contribution in [0.15, 0.2) is 41.3 Å². The summed E-state index contributed by atoms with van der Waals surface area (Å²) in [4.78, 5) is -0.00736. The first-order valence-corrected chi connectivity index (χ1v) is 8.21. The zero-order valence-corrected chi connectivity index (χ0v) is 13.3. The number of nitrogens with two attached hydrogens (primary N) is 1. The summed E-state index contributed by atoms with van der Waals surface area (Å²) in [6.45, 7) is 3.76. The van der Waals surface area contributed by atoms with Crippen molar-refractivity contribution in [3.8, 4) is 5.75 Å². The van der Waals surface area contributed by atoms with Gasteiger partial charge in [-0.3, -0.25) is 0 Å². The zero-order valence-electron chi connectivity index (χ0n) is 11.8. The molecule has 6 heteroatoms. The van der Waals surface area contributed by atoms with Crippen molar-refractivity contribution >= 4 is 21.6 Å². The van der Waals surface area contributed by atoms with Gasteiger partial charge >= 0.3 is 0 Å². The number of hydrogen-bond acceptors (Lipinski definition) is 3. The van der Waals surface area contributed by atoms with E-state index in [1.807, 2.05) is 24.3 Å². The molecule has 0 atom stereocenters. The molecule has 2 aromatic carbocycles. The third kappa shape index (κ3) is 3.75. The maximum absolute atomic E-state index is 11.7. The summed E-state index contributed by atoms with van der Waals surface area (Å²) >= 11 is 6.06. The van der Waals surface area contributed by atoms with E-state index in [0.717, 1.165) is 11.1 Å². The van der Waals surface area contributed by atoms with E-state index in [-0.39, 0.29) is 17.3 Å². The van der Waals surface area contributed by atoms with Crippen LogP contribution in [0, 0.1) is 13.8 Å². The van der Waals surface area contributed by atoms with Gasteiger partial charge in [0, 0.05) is 10.6 Å². The van der Waals surface area contributed by atoms with Gasteiger partial charge in [-0.2, -0.15) is 0 Å². The van der Waals surface area contributed by atoms with Crippen LogP contribution in [-0.2, 0) is 16.6 Å². The fraction of sp³-hybridized carbons (Fsp3) is 0.200. The van der Waals surface area contributed by atoms with Crippen LogP contribution >= 0.6 is 11.6 Å². The normalized spacial score (nSPS) is 11.4. The molecular formula is C15H16ClNO3S. The Balaban J connectivity index is 2.39. The van der Waals surface area contributed by atoms with Crippen LogP contribution in [0.4, 0.5) is 0 Å². The van der Waals surface area contributed by atoms with E-state index in [9.17, 15) is 8.42 Å². The minimum absolute atomic E-state index is 0.00736. The second-order valence-electron chi connectivity index (χ2n) is 4.83. The maximum atomic E-state index is 11.7. The molecule has 4 nitrogen and oxygen atoms in total. The van der Waals surface area contributed by atoms with Crippen molar-refractivity contribution in [2.45, 2.75) is 25.3 Å². The number of benzene rings is 2. The van der Waals surface area contributed by atoms with Crippen LogP contribution in [0.5, 0.6) is 5.75 Å². The Labute approximate surface area is 129 Å². The third-order valence-electron chi connectivity index (χ3n) is 3.02. The lowest BCUT2D eigenvalue weighted by atomic mass is 10.1. The van der Waals surface area contributed by atoms with E-state index in [1.165, 1.54) is 6.07 Å². The molecule has 0 amide bonds. The van der Waals surface area contributed by atoms with Gasteiger partial charge in [0.15, 0.2) is 0 Å². The standard InChI is InChI=1S/C15H16ClNO3S/c1-10-7-11(2)15(14(8-10)21(17,18)19)20-9-12-5-3-4-6-13(12)16/h3-8H,9H2,1-2H3,(H2,17,18,19). The van der Waals surface area contributed by atoms with Crippen LogP contribution in [0.1, 0.15) is 16.7 Å². The molecule has 0 saturated heterocycles. The lowest BCUT2D eigenvalue weighted by Crippen LogP contribution is -2.15. The maximum Gasteiger partial charge on any atom is 0.241 e. The van der Waals surface area contributed by atoms with Crippen molar-refractivity contribution in [1.29, 1.82) is 0 Å². The van der Waals surface area contributed by atoms with Gasteiger partial charge in [0.2, 0.25) is 10.0 Å². The van der Waals surface area contributed by atoms with E-state index in [1.54, 1.807) is 19.9 Å². The third-order valence-corrected chi connectivity index (χ3v) is 4.31. The SMILES string of the molecule is Cc1cc(C)c(OCc2ccccc2Cl)c(S(N)(=O)=O)c1. The Kier molecular flexibility index (Phi) is 4.56. The molecule has 0 aromatic heterocycles. The topological polar surface area (TPSA) is 69.4 Å². The fourth-order valence-corrected chi connectivity index (χ4v) is 3.10. The summed E-state index contributed by atoms with van der Waals surface area (Å²) in [6, 6.07) is 10.6. The number of aryl methyl sites for hydroxylation is 2. The van der Waals surface area contributed by atoms with Crippen molar-refractivity contribution < 1.29 is 13.2 Å². The number of rotatable bonds is 4. The van der Waals surface area contributed by atoms with Gasteiger partial charge in [0.25, 0.3) is 0 Å². The molecule has 0 aliphatic carbocycles. The minimum Gasteiger partial charge on any atom is -0.487 e. The van der Waals surface area contributed by atoms with Crippen LogP contribution in [0.2, 0.25) is 5.02 Å². The molecular weight excluding hydrogens is 310 g/mol. The van der Waals surface area contributed by atoms with E-state index in [4.69, 9.17) is 21.5 Å². The lowest BCUT2D eigenvalue weighted by molar-refractivity contribution is 0.295. The van der Waals surface area contributed by atoms with Crippen LogP contribution < -0.4 is 9.88 Å². The Morgan fingerprint density at radius 2 is 1.86 bits per heavy atom. The van der Waals surface area contributed by atoms with E-state index >= 15 is 0 Å². The van der Waals surface area contributed by atoms with Gasteiger partial charge in [-0.15, -0.1) is 0 Å². The summed E-state index contributed by atoms with van der Waals surface area (Å²) in [6.07, 6.45) is 0. The Bertz CT molecular complexity index is 772. The number of primary sulfonamides is 1. The highest BCUT2D eigenvalue weighted by molar-refractivity contribution is 7.89. The summed E-state index contributed by atoms with van der Waals surface area (Å²) in [5.41, 5.74) is 2.30. The van der Waals surface area contributed by atoms with Gasteiger partial charge in [-0.1, -0.05) is 35.9 Å². The highest BCUT2D eigenvalue weighted by Gasteiger charge is 2.18. The minimum atomic E-state index is -3.85. The Hall–Kier alpha value is -1.56. The van der Waals surface area contributed by atoms with Crippen molar-refractivity contribution in [2.75, 3.05) is 0 Å². The molecule has 2 N–H and O–H groups in total. The largest absolute Gasteiger partial charge is 0.487 e. The van der Waals surface area contributed by atoms with E-state index < -0.39 is 10.0 Å². The number of sulfonamides is 1. The molecule has 0 unspecified atom stereocenters. The monoisotopic (exact) mass is 325 g/mol. The van der Waals surface area contributed by atoms with Gasteiger partial charge in [0.1, 0.15) is 17.3 Å². The summed E-state index contributed by atoms with van der Waals surface area (Å²) in [7, 11) is -3.85. The predicted octanol–water partition coefficient (Wildman–Crippen LogP) is 3.18. The summed E-state index contributed by atoms with van der Waals surface area (Å²) in [5, 5.41) is 5.83. The molecule has 0 aliphatic heterocycles. The van der Waals surface area contributed by atoms with Crippen LogP contribution in [-0.4, -0.2) is 8.42 Å². The number of halogens is 1. The molecule has 0 radical (unpaired) electrons. The van der Waals surface area contributed by atoms with Gasteiger partial charge in [-0.05, 0) is 37.1 Å². The average molecular weight is 326 g/mol. The van der Waals surface area contributed by atoms with Gasteiger partial charge in [-0.25, -0.2) is 13.6 Å². The van der Waals surface area contributed by atoms with E-state index in [0.29, 0.717) is 10.6 Å². The first-order valence-electron chi connectivity index (χ1n) is 6.29. The number of ether oxygens (including phenoxy) is 1. The van der Waals surface area contributed by atoms with Crippen molar-refractivity contribution in [3.63, 3.8) is 0 Å². The molecule has 0 saturated carbocycles. The fourth-order valence-electron chi connectivity index (χ4n) is 2.08. The highest BCUT2D eigenvalue weighted by atomic mass is 35.5. The van der Waals surface area contributed by atoms with Crippen LogP contribution in [0.3, 0.4) is 0 Å². The summed E-state index contributed by atoms with van der Waals surface area (Å²) < 4.78 is 29.1. The van der Waals surface area contributed by atoms with E-state index in [2.05, 4.69) is 0 Å². The Morgan fingerprint density at radius 3 is 2.48 bits per heavy atom.